The molecular formula is C6H12N2O4. The molecule has 0 aliphatic rings. The van der Waals surface area contributed by atoms with Gasteiger partial charge >= 0.3 is 0 Å². The Morgan fingerprint density at radius 2 is 1.25 bits per heavy atom. The summed E-state index contributed by atoms with van der Waals surface area (Å²) in [7, 11) is 0. The Labute approximate surface area is 69.2 Å². The van der Waals surface area contributed by atoms with Gasteiger partial charge in [-0.1, -0.05) is 0 Å². The molecule has 2 unspecified atom stereocenters. The number of carbonyl (C=O) groups excluding carboxylic acids is 2. The first kappa shape index (κ1) is 11.2. The van der Waals surface area contributed by atoms with Crippen molar-refractivity contribution in [2.24, 2.45) is 11.5 Å². The van der Waals surface area contributed by atoms with Gasteiger partial charge in [0.25, 0.3) is 0 Å². The van der Waals surface area contributed by atoms with Gasteiger partial charge in [-0.2, -0.15) is 0 Å². The van der Waals surface area contributed by atoms with Crippen LogP contribution < -0.4 is 11.5 Å². The van der Waals surface area contributed by atoms with Gasteiger partial charge in [-0.05, 0) is 0 Å². The summed E-state index contributed by atoms with van der Waals surface area (Å²) >= 11 is 0. The largest absolute Gasteiger partial charge is 0.369 e. The van der Waals surface area contributed by atoms with E-state index in [4.69, 9.17) is 21.7 Å². The van der Waals surface area contributed by atoms with Crippen LogP contribution in [0.3, 0.4) is 0 Å². The highest BCUT2D eigenvalue weighted by Crippen LogP contribution is 2.08. The monoisotopic (exact) mass is 176 g/mol. The van der Waals surface area contributed by atoms with E-state index in [2.05, 4.69) is 0 Å². The van der Waals surface area contributed by atoms with E-state index in [1.807, 2.05) is 0 Å². The molecule has 0 fully saturated rings. The molecule has 0 amide bonds. The molecule has 0 aliphatic carbocycles. The van der Waals surface area contributed by atoms with E-state index in [-0.39, 0.29) is 25.4 Å². The summed E-state index contributed by atoms with van der Waals surface area (Å²) < 4.78 is 0. The maximum Gasteiger partial charge on any atom is 0.170 e. The fourth-order valence-electron chi connectivity index (χ4n) is 0.518. The molecule has 12 heavy (non-hydrogen) atoms. The summed E-state index contributed by atoms with van der Waals surface area (Å²) in [6.45, 7) is 0. The van der Waals surface area contributed by atoms with E-state index in [0.717, 1.165) is 0 Å². The van der Waals surface area contributed by atoms with Crippen molar-refractivity contribution >= 4 is 12.6 Å². The van der Waals surface area contributed by atoms with Crippen LogP contribution in [0.4, 0.5) is 0 Å². The maximum atomic E-state index is 10.0. The minimum atomic E-state index is -2.03. The predicted molar refractivity (Wildman–Crippen MR) is 39.6 cm³/mol. The molecule has 6 N–H and O–H groups in total. The normalized spacial score (nSPS) is 20.7. The molecule has 0 aliphatic heterocycles. The van der Waals surface area contributed by atoms with Crippen molar-refractivity contribution < 1.29 is 19.8 Å². The van der Waals surface area contributed by atoms with Gasteiger partial charge in [-0.3, -0.25) is 21.1 Å². The van der Waals surface area contributed by atoms with Gasteiger partial charge < -0.3 is 10.2 Å². The predicted octanol–water partition coefficient (Wildman–Crippen LogP) is -2.54. The number of aldehydes is 2. The van der Waals surface area contributed by atoms with Crippen molar-refractivity contribution in [3.63, 3.8) is 0 Å². The summed E-state index contributed by atoms with van der Waals surface area (Å²) in [6, 6.07) is 0. The van der Waals surface area contributed by atoms with Crippen molar-refractivity contribution in [2.45, 2.75) is 24.3 Å². The quantitative estimate of drug-likeness (QED) is 0.270. The number of nitrogens with two attached hydrogens (primary N) is 2. The van der Waals surface area contributed by atoms with Crippen molar-refractivity contribution in [3.05, 3.63) is 0 Å². The number of hydrogen-bond donors (Lipinski definition) is 4. The Morgan fingerprint density at radius 1 is 1.00 bits per heavy atom. The molecule has 2 atom stereocenters. The second-order valence-electron chi connectivity index (χ2n) is 2.72. The Balaban J connectivity index is 3.98. The lowest BCUT2D eigenvalue weighted by Crippen LogP contribution is -2.47. The third kappa shape index (κ3) is 4.14. The molecule has 0 aromatic heterocycles. The zero-order valence-electron chi connectivity index (χ0n) is 6.43. The highest BCUT2D eigenvalue weighted by atomic mass is 16.3. The lowest BCUT2D eigenvalue weighted by molar-refractivity contribution is -0.130. The fraction of sp³-hybridized carbons (Fsp3) is 0.667. The summed E-state index contributed by atoms with van der Waals surface area (Å²) in [5, 5.41) is 17.8. The third-order valence-electron chi connectivity index (χ3n) is 1.33. The Morgan fingerprint density at radius 3 is 1.42 bits per heavy atom. The van der Waals surface area contributed by atoms with Gasteiger partial charge in [0.2, 0.25) is 0 Å². The average Bonchev–Trinajstić information content (AvgIpc) is 2.02. The van der Waals surface area contributed by atoms with E-state index >= 15 is 0 Å². The van der Waals surface area contributed by atoms with Crippen LogP contribution in [0, 0.1) is 0 Å². The lowest BCUT2D eigenvalue weighted by atomic mass is 10.0. The molecule has 0 radical (unpaired) electrons. The summed E-state index contributed by atoms with van der Waals surface area (Å²) in [5.41, 5.74) is 5.90. The molecule has 0 bridgehead atoms. The van der Waals surface area contributed by atoms with Crippen LogP contribution in [0.15, 0.2) is 0 Å². The number of rotatable bonds is 5. The van der Waals surface area contributed by atoms with Crippen LogP contribution >= 0.6 is 0 Å². The smallest absolute Gasteiger partial charge is 0.170 e. The lowest BCUT2D eigenvalue weighted by Gasteiger charge is -2.20. The molecule has 0 rings (SSSR count). The maximum absolute atomic E-state index is 10.0. The van der Waals surface area contributed by atoms with Gasteiger partial charge in [-0.15, -0.1) is 0 Å². The van der Waals surface area contributed by atoms with Crippen LogP contribution in [0.1, 0.15) is 12.8 Å². The first-order valence-corrected chi connectivity index (χ1v) is 3.28. The topological polar surface area (TPSA) is 127 Å². The second kappa shape index (κ2) is 3.72. The van der Waals surface area contributed by atoms with E-state index < -0.39 is 11.4 Å². The van der Waals surface area contributed by atoms with Gasteiger partial charge in [-0.25, -0.2) is 0 Å². The standard InChI is InChI=1S/C6H12N2O4/c7-5(11,3-9)1-2-6(8,12)4-10/h3-4,11-12H,1-2,7-8H2. The second-order valence-corrected chi connectivity index (χ2v) is 2.72. The molecule has 0 heterocycles. The third-order valence-corrected chi connectivity index (χ3v) is 1.33. The molecule has 0 aromatic rings. The SMILES string of the molecule is NC(O)(C=O)CCC(N)(O)C=O. The molecule has 0 spiro atoms. The fourth-order valence-corrected chi connectivity index (χ4v) is 0.518. The summed E-state index contributed by atoms with van der Waals surface area (Å²) in [6.07, 6.45) is -0.313. The Hall–Kier alpha value is -0.820. The molecule has 0 saturated heterocycles. The van der Waals surface area contributed by atoms with Gasteiger partial charge in [0.15, 0.2) is 24.0 Å². The molecule has 0 aromatic carbocycles. The number of hydrogen-bond acceptors (Lipinski definition) is 6. The van der Waals surface area contributed by atoms with Crippen molar-refractivity contribution in [1.82, 2.24) is 0 Å². The zero-order valence-corrected chi connectivity index (χ0v) is 6.43. The first-order chi connectivity index (χ1) is 5.33. The van der Waals surface area contributed by atoms with Crippen LogP contribution in [0.2, 0.25) is 0 Å². The molecule has 70 valence electrons. The van der Waals surface area contributed by atoms with E-state index in [1.54, 1.807) is 0 Å². The average molecular weight is 176 g/mol. The zero-order chi connectivity index (χ0) is 9.83. The summed E-state index contributed by atoms with van der Waals surface area (Å²) in [5.74, 6) is 0. The van der Waals surface area contributed by atoms with E-state index in [0.29, 0.717) is 0 Å². The van der Waals surface area contributed by atoms with E-state index in [9.17, 15) is 9.59 Å². The van der Waals surface area contributed by atoms with Gasteiger partial charge in [0.05, 0.1) is 0 Å². The van der Waals surface area contributed by atoms with E-state index in [1.165, 1.54) is 0 Å². The van der Waals surface area contributed by atoms with Crippen LogP contribution in [-0.2, 0) is 9.59 Å². The molecule has 6 nitrogen and oxygen atoms in total. The van der Waals surface area contributed by atoms with Crippen molar-refractivity contribution in [3.8, 4) is 0 Å². The number of aliphatic hydroxyl groups is 2. The molecule has 6 heteroatoms. The minimum absolute atomic E-state index is 0.119. The Kier molecular flexibility index (Phi) is 3.47. The first-order valence-electron chi connectivity index (χ1n) is 3.28. The van der Waals surface area contributed by atoms with Crippen LogP contribution in [-0.4, -0.2) is 34.2 Å². The highest BCUT2D eigenvalue weighted by molar-refractivity contribution is 5.62. The van der Waals surface area contributed by atoms with Crippen molar-refractivity contribution in [2.75, 3.05) is 0 Å². The summed E-state index contributed by atoms with van der Waals surface area (Å²) in [4.78, 5) is 20.1. The van der Waals surface area contributed by atoms with Crippen LogP contribution in [0.25, 0.3) is 0 Å². The number of carbonyl (C=O) groups is 2. The van der Waals surface area contributed by atoms with Crippen LogP contribution in [0.5, 0.6) is 0 Å². The minimum Gasteiger partial charge on any atom is -0.369 e. The Bertz CT molecular complexity index is 158. The molecule has 0 saturated carbocycles. The van der Waals surface area contributed by atoms with Gasteiger partial charge in [0.1, 0.15) is 0 Å². The highest BCUT2D eigenvalue weighted by Gasteiger charge is 2.27. The molecular weight excluding hydrogens is 164 g/mol. The van der Waals surface area contributed by atoms with Crippen molar-refractivity contribution in [1.29, 1.82) is 0 Å². The van der Waals surface area contributed by atoms with Gasteiger partial charge in [0, 0.05) is 12.8 Å².